The van der Waals surface area contributed by atoms with Gasteiger partial charge in [0, 0.05) is 18.8 Å². The smallest absolute Gasteiger partial charge is 0.184 e. The quantitative estimate of drug-likeness (QED) is 0.215. The normalized spacial score (nSPS) is 41.3. The van der Waals surface area contributed by atoms with E-state index < -0.39 is 25.0 Å². The Morgan fingerprint density at radius 1 is 0.683 bits per heavy atom. The highest BCUT2D eigenvalue weighted by Crippen LogP contribution is 2.69. The van der Waals surface area contributed by atoms with Crippen LogP contribution < -0.4 is 0 Å². The number of rotatable bonds is 11. The van der Waals surface area contributed by atoms with Crippen LogP contribution in [0.3, 0.4) is 0 Å². The average molecular weight is 623 g/mol. The Hall–Kier alpha value is 0.531. The van der Waals surface area contributed by atoms with Gasteiger partial charge in [-0.2, -0.15) is 0 Å². The largest absolute Gasteiger partial charge is 0.417 e. The second-order valence-electron chi connectivity index (χ2n) is 18.9. The Balaban J connectivity index is 1.50. The highest BCUT2D eigenvalue weighted by atomic mass is 28.4. The van der Waals surface area contributed by atoms with E-state index in [1.807, 2.05) is 0 Å². The van der Waals surface area contributed by atoms with Crippen LogP contribution in [0, 0.1) is 52.3 Å². The van der Waals surface area contributed by atoms with Crippen molar-refractivity contribution in [1.29, 1.82) is 0 Å². The van der Waals surface area contributed by atoms with Crippen molar-refractivity contribution in [2.24, 2.45) is 52.3 Å². The molecule has 0 heterocycles. The molecule has 4 rings (SSSR count). The number of fused-ring (bicyclic) bond motifs is 5. The topological polar surface area (TPSA) is 27.7 Å². The first-order valence-corrected chi connectivity index (χ1v) is 27.9. The van der Waals surface area contributed by atoms with E-state index in [1.54, 1.807) is 0 Å². The zero-order valence-corrected chi connectivity index (χ0v) is 32.7. The lowest BCUT2D eigenvalue weighted by molar-refractivity contribution is -0.168. The van der Waals surface area contributed by atoms with Crippen LogP contribution in [0.1, 0.15) is 91.9 Å². The van der Waals surface area contributed by atoms with Gasteiger partial charge in [-0.1, -0.05) is 34.1 Å². The first kappa shape index (κ1) is 34.4. The molecule has 4 fully saturated rings. The molecular weight excluding hydrogens is 553 g/mol. The Morgan fingerprint density at radius 3 is 1.90 bits per heavy atom. The van der Waals surface area contributed by atoms with Crippen molar-refractivity contribution >= 4 is 25.0 Å². The lowest BCUT2D eigenvalue weighted by Gasteiger charge is -2.64. The van der Waals surface area contributed by atoms with Gasteiger partial charge in [-0.05, 0) is 169 Å². The first-order valence-electron chi connectivity index (χ1n) is 17.7. The van der Waals surface area contributed by atoms with Gasteiger partial charge in [-0.3, -0.25) is 0 Å². The van der Waals surface area contributed by atoms with Crippen LogP contribution in [0.25, 0.3) is 0 Å². The minimum absolute atomic E-state index is 0.466. The predicted octanol–water partition coefficient (Wildman–Crippen LogP) is 10.6. The lowest BCUT2D eigenvalue weighted by atomic mass is 9.43. The summed E-state index contributed by atoms with van der Waals surface area (Å²) in [5.41, 5.74) is 0.959. The van der Waals surface area contributed by atoms with Crippen molar-refractivity contribution in [3.63, 3.8) is 0 Å². The summed E-state index contributed by atoms with van der Waals surface area (Å²) in [6.07, 6.45) is 14.6. The molecule has 4 saturated carbocycles. The Labute approximate surface area is 259 Å². The third-order valence-electron chi connectivity index (χ3n) is 12.3. The van der Waals surface area contributed by atoms with Crippen molar-refractivity contribution < 1.29 is 13.3 Å². The molecule has 0 aromatic carbocycles. The third-order valence-corrected chi connectivity index (χ3v) is 15.4. The van der Waals surface area contributed by atoms with Crippen LogP contribution in [-0.2, 0) is 13.3 Å². The minimum Gasteiger partial charge on any atom is -0.417 e. The Morgan fingerprint density at radius 2 is 1.29 bits per heavy atom. The van der Waals surface area contributed by atoms with Crippen LogP contribution >= 0.6 is 0 Å². The third kappa shape index (κ3) is 8.04. The first-order chi connectivity index (χ1) is 18.7. The van der Waals surface area contributed by atoms with E-state index >= 15 is 0 Å². The molecule has 4 aliphatic rings. The van der Waals surface area contributed by atoms with Gasteiger partial charge < -0.3 is 13.3 Å². The second kappa shape index (κ2) is 12.4. The van der Waals surface area contributed by atoms with E-state index in [9.17, 15) is 0 Å². The fraction of sp³-hybridized carbons (Fsp3) is 1.00. The summed E-state index contributed by atoms with van der Waals surface area (Å²) in [6.45, 7) is 32.8. The summed E-state index contributed by atoms with van der Waals surface area (Å²) >= 11 is 0. The maximum Gasteiger partial charge on any atom is 0.184 e. The Bertz CT molecular complexity index is 875. The van der Waals surface area contributed by atoms with Crippen molar-refractivity contribution in [3.05, 3.63) is 0 Å². The molecule has 0 amide bonds. The summed E-state index contributed by atoms with van der Waals surface area (Å²) in [5, 5.41) is 0. The van der Waals surface area contributed by atoms with Crippen LogP contribution in [-0.4, -0.2) is 43.8 Å². The highest BCUT2D eigenvalue weighted by Gasteiger charge is 2.63. The van der Waals surface area contributed by atoms with Crippen molar-refractivity contribution in [2.75, 3.05) is 6.61 Å². The summed E-state index contributed by atoms with van der Waals surface area (Å²) in [7, 11) is -4.59. The molecule has 0 bridgehead atoms. The highest BCUT2D eigenvalue weighted by molar-refractivity contribution is 6.70. The van der Waals surface area contributed by atoms with Gasteiger partial charge in [0.2, 0.25) is 0 Å². The maximum atomic E-state index is 7.26. The van der Waals surface area contributed by atoms with E-state index in [2.05, 4.69) is 86.6 Å². The van der Waals surface area contributed by atoms with Gasteiger partial charge in [0.05, 0.1) is 0 Å². The molecule has 0 spiro atoms. The zero-order valence-electron chi connectivity index (χ0n) is 29.7. The van der Waals surface area contributed by atoms with Gasteiger partial charge in [-0.15, -0.1) is 0 Å². The summed E-state index contributed by atoms with van der Waals surface area (Å²) < 4.78 is 20.3. The van der Waals surface area contributed by atoms with E-state index in [-0.39, 0.29) is 0 Å². The fourth-order valence-electron chi connectivity index (χ4n) is 10.5. The molecular formula is C35H70O3Si3. The molecule has 0 saturated heterocycles. The van der Waals surface area contributed by atoms with E-state index in [0.717, 1.165) is 42.1 Å². The molecule has 3 nitrogen and oxygen atoms in total. The SMILES string of the molecule is CC(CCC(C)C1CCC2C3C(CCC12C)C1(C)CC[C@@H](O[Si](C)(C)C)C[C@H]1C[C@H]3O[Si](C)(C)C)CO[Si](C)(C)C. The van der Waals surface area contributed by atoms with Gasteiger partial charge in [0.25, 0.3) is 0 Å². The monoisotopic (exact) mass is 622 g/mol. The minimum atomic E-state index is -1.64. The molecule has 11 atom stereocenters. The van der Waals surface area contributed by atoms with Gasteiger partial charge >= 0.3 is 0 Å². The molecule has 0 aliphatic heterocycles. The Kier molecular flexibility index (Phi) is 10.4. The molecule has 0 aromatic rings. The lowest BCUT2D eigenvalue weighted by Crippen LogP contribution is -2.60. The van der Waals surface area contributed by atoms with E-state index in [1.165, 1.54) is 64.2 Å². The standard InChI is InChI=1S/C35H70O3Si3/c1-25(24-36-39(5,6)7)14-15-26(2)29-16-17-30-33-31(19-21-35(29,30)4)34(3)20-18-28(37-40(8,9)10)22-27(34)23-32(33)38-41(11,12)13/h25-33H,14-24H2,1-13H3/t25?,26?,27-,28+,29?,30?,31?,32+,33?,34?,35?/m0/s1. The maximum absolute atomic E-state index is 7.26. The summed E-state index contributed by atoms with van der Waals surface area (Å²) in [6, 6.07) is 0. The van der Waals surface area contributed by atoms with E-state index in [0.29, 0.717) is 29.0 Å². The van der Waals surface area contributed by atoms with Crippen LogP contribution in [0.2, 0.25) is 58.9 Å². The molecule has 0 N–H and O–H groups in total. The fourth-order valence-corrected chi connectivity index (χ4v) is 13.7. The molecule has 0 radical (unpaired) electrons. The van der Waals surface area contributed by atoms with Crippen LogP contribution in [0.5, 0.6) is 0 Å². The van der Waals surface area contributed by atoms with Crippen molar-refractivity contribution in [2.45, 2.75) is 163 Å². The molecule has 8 unspecified atom stereocenters. The average Bonchev–Trinajstić information content (AvgIpc) is 3.17. The van der Waals surface area contributed by atoms with Crippen molar-refractivity contribution in [1.82, 2.24) is 0 Å². The predicted molar refractivity (Wildman–Crippen MR) is 184 cm³/mol. The molecule has 240 valence electrons. The van der Waals surface area contributed by atoms with Crippen LogP contribution in [0.15, 0.2) is 0 Å². The van der Waals surface area contributed by atoms with Crippen molar-refractivity contribution in [3.8, 4) is 0 Å². The van der Waals surface area contributed by atoms with Gasteiger partial charge in [0.1, 0.15) is 0 Å². The molecule has 41 heavy (non-hydrogen) atoms. The number of hydrogen-bond acceptors (Lipinski definition) is 3. The molecule has 4 aliphatic carbocycles. The summed E-state index contributed by atoms with van der Waals surface area (Å²) in [5.74, 6) is 5.57. The second-order valence-corrected chi connectivity index (χ2v) is 32.4. The van der Waals surface area contributed by atoms with Gasteiger partial charge in [-0.25, -0.2) is 0 Å². The van der Waals surface area contributed by atoms with E-state index in [4.69, 9.17) is 13.3 Å². The molecule has 0 aromatic heterocycles. The number of hydrogen-bond donors (Lipinski definition) is 0. The van der Waals surface area contributed by atoms with Crippen LogP contribution in [0.4, 0.5) is 0 Å². The molecule has 6 heteroatoms. The summed E-state index contributed by atoms with van der Waals surface area (Å²) in [4.78, 5) is 0. The zero-order chi connectivity index (χ0) is 30.6. The van der Waals surface area contributed by atoms with Gasteiger partial charge in [0.15, 0.2) is 25.0 Å².